The molecule has 160 valence electrons. The highest BCUT2D eigenvalue weighted by Gasteiger charge is 2.25. The summed E-state index contributed by atoms with van der Waals surface area (Å²) in [6, 6.07) is 13.8. The molecule has 1 aromatic carbocycles. The van der Waals surface area contributed by atoms with E-state index in [9.17, 15) is 4.79 Å². The number of rotatable bonds is 7. The van der Waals surface area contributed by atoms with Crippen LogP contribution in [0.5, 0.6) is 0 Å². The fraction of sp³-hybridized carbons (Fsp3) is 0.240. The predicted molar refractivity (Wildman–Crippen MR) is 125 cm³/mol. The maximum Gasteiger partial charge on any atom is 0.251 e. The Labute approximate surface area is 186 Å². The molecule has 0 aliphatic heterocycles. The Morgan fingerprint density at radius 1 is 1.03 bits per heavy atom. The van der Waals surface area contributed by atoms with Crippen molar-refractivity contribution >= 4 is 22.6 Å². The zero-order chi connectivity index (χ0) is 21.9. The third-order valence-electron chi connectivity index (χ3n) is 5.77. The van der Waals surface area contributed by atoms with Crippen LogP contribution in [0.2, 0.25) is 0 Å². The summed E-state index contributed by atoms with van der Waals surface area (Å²) >= 11 is 0. The minimum atomic E-state index is -0.109. The van der Waals surface area contributed by atoms with E-state index in [-0.39, 0.29) is 5.91 Å². The third-order valence-corrected chi connectivity index (χ3v) is 5.77. The Morgan fingerprint density at radius 3 is 2.75 bits per heavy atom. The van der Waals surface area contributed by atoms with Crippen LogP contribution >= 0.6 is 0 Å². The molecule has 1 aliphatic rings. The molecule has 0 unspecified atom stereocenters. The number of amides is 1. The summed E-state index contributed by atoms with van der Waals surface area (Å²) in [7, 11) is 1.64. The Balaban J connectivity index is 1.31. The SMILES string of the molecule is CNC(=O)c1ccnc2c(CCNc3cc(-c4ccnc(C5CC5)c4)ncn3)cccc12. The Kier molecular flexibility index (Phi) is 5.46. The van der Waals surface area contributed by atoms with Gasteiger partial charge < -0.3 is 10.6 Å². The van der Waals surface area contributed by atoms with Gasteiger partial charge in [-0.05, 0) is 43.0 Å². The molecule has 1 amide bonds. The topological polar surface area (TPSA) is 92.7 Å². The summed E-state index contributed by atoms with van der Waals surface area (Å²) in [5.74, 6) is 1.27. The number of anilines is 1. The Bertz CT molecular complexity index is 1280. The van der Waals surface area contributed by atoms with Gasteiger partial charge in [-0.3, -0.25) is 14.8 Å². The van der Waals surface area contributed by atoms with Gasteiger partial charge in [-0.15, -0.1) is 0 Å². The van der Waals surface area contributed by atoms with Gasteiger partial charge in [-0.2, -0.15) is 0 Å². The first kappa shape index (κ1) is 20.1. The summed E-state index contributed by atoms with van der Waals surface area (Å²) in [6.45, 7) is 0.686. The van der Waals surface area contributed by atoms with Gasteiger partial charge in [0.05, 0.1) is 16.8 Å². The standard InChI is InChI=1S/C25H24N6O/c1-26-25(32)20-9-12-29-24-17(3-2-4-19(20)24)7-11-28-23-14-22(30-15-31-23)18-8-10-27-21(13-18)16-5-6-16/h2-4,8-10,12-16H,5-7,11H2,1H3,(H,26,32)(H,28,30,31). The molecular formula is C25H24N6O. The first-order valence-corrected chi connectivity index (χ1v) is 10.8. The van der Waals surface area contributed by atoms with Crippen LogP contribution < -0.4 is 10.6 Å². The average Bonchev–Trinajstić information content (AvgIpc) is 3.69. The van der Waals surface area contributed by atoms with Gasteiger partial charge in [0.15, 0.2) is 0 Å². The third kappa shape index (κ3) is 4.14. The van der Waals surface area contributed by atoms with Crippen LogP contribution in [0.15, 0.2) is 61.2 Å². The van der Waals surface area contributed by atoms with Crippen molar-refractivity contribution in [1.29, 1.82) is 0 Å². The predicted octanol–water partition coefficient (Wildman–Crippen LogP) is 3.98. The molecule has 3 aromatic heterocycles. The molecule has 1 fully saturated rings. The van der Waals surface area contributed by atoms with Crippen molar-refractivity contribution in [2.24, 2.45) is 0 Å². The van der Waals surface area contributed by atoms with Crippen molar-refractivity contribution in [2.45, 2.75) is 25.2 Å². The fourth-order valence-corrected chi connectivity index (χ4v) is 3.92. The number of fused-ring (bicyclic) bond motifs is 1. The van der Waals surface area contributed by atoms with Crippen LogP contribution in [-0.2, 0) is 6.42 Å². The second-order valence-corrected chi connectivity index (χ2v) is 7.96. The Morgan fingerprint density at radius 2 is 1.91 bits per heavy atom. The molecule has 3 heterocycles. The van der Waals surface area contributed by atoms with Gasteiger partial charge in [-0.1, -0.05) is 18.2 Å². The van der Waals surface area contributed by atoms with Gasteiger partial charge in [0.1, 0.15) is 12.1 Å². The summed E-state index contributed by atoms with van der Waals surface area (Å²) in [5, 5.41) is 6.94. The van der Waals surface area contributed by atoms with Crippen LogP contribution in [0, 0.1) is 0 Å². The lowest BCUT2D eigenvalue weighted by atomic mass is 10.0. The molecule has 4 aromatic rings. The minimum absolute atomic E-state index is 0.109. The van der Waals surface area contributed by atoms with Crippen LogP contribution in [0.3, 0.4) is 0 Å². The van der Waals surface area contributed by atoms with E-state index in [1.54, 1.807) is 25.6 Å². The maximum atomic E-state index is 12.2. The van der Waals surface area contributed by atoms with Crippen molar-refractivity contribution in [3.8, 4) is 11.3 Å². The van der Waals surface area contributed by atoms with Crippen molar-refractivity contribution in [3.05, 3.63) is 78.0 Å². The van der Waals surface area contributed by atoms with Crippen LogP contribution in [-0.4, -0.2) is 39.4 Å². The first-order valence-electron chi connectivity index (χ1n) is 10.8. The van der Waals surface area contributed by atoms with Gasteiger partial charge in [-0.25, -0.2) is 9.97 Å². The van der Waals surface area contributed by atoms with Crippen LogP contribution in [0.1, 0.15) is 40.4 Å². The number of carbonyl (C=O) groups excluding carboxylic acids is 1. The van der Waals surface area contributed by atoms with E-state index in [0.29, 0.717) is 18.0 Å². The van der Waals surface area contributed by atoms with Crippen LogP contribution in [0.25, 0.3) is 22.2 Å². The molecule has 32 heavy (non-hydrogen) atoms. The maximum absolute atomic E-state index is 12.2. The van der Waals surface area contributed by atoms with E-state index >= 15 is 0 Å². The summed E-state index contributed by atoms with van der Waals surface area (Å²) in [5.41, 5.74) is 5.66. The van der Waals surface area contributed by atoms with E-state index in [1.807, 2.05) is 36.5 Å². The van der Waals surface area contributed by atoms with Crippen LogP contribution in [0.4, 0.5) is 5.82 Å². The van der Waals surface area contributed by atoms with Crippen molar-refractivity contribution in [2.75, 3.05) is 18.9 Å². The molecule has 0 spiro atoms. The van der Waals surface area contributed by atoms with E-state index < -0.39 is 0 Å². The summed E-state index contributed by atoms with van der Waals surface area (Å²) < 4.78 is 0. The van der Waals surface area contributed by atoms with Gasteiger partial charge in [0.2, 0.25) is 0 Å². The molecule has 0 bridgehead atoms. The fourth-order valence-electron chi connectivity index (χ4n) is 3.92. The number of benzene rings is 1. The number of nitrogens with zero attached hydrogens (tertiary/aromatic N) is 4. The molecule has 2 N–H and O–H groups in total. The van der Waals surface area contributed by atoms with Crippen molar-refractivity contribution < 1.29 is 4.79 Å². The smallest absolute Gasteiger partial charge is 0.251 e. The number of nitrogens with one attached hydrogen (secondary N) is 2. The van der Waals surface area contributed by atoms with E-state index in [2.05, 4.69) is 36.6 Å². The first-order chi connectivity index (χ1) is 15.7. The number of carbonyl (C=O) groups is 1. The van der Waals surface area contributed by atoms with Gasteiger partial charge in [0.25, 0.3) is 5.91 Å². The monoisotopic (exact) mass is 424 g/mol. The zero-order valence-corrected chi connectivity index (χ0v) is 17.9. The molecule has 7 nitrogen and oxygen atoms in total. The number of hydrogen-bond acceptors (Lipinski definition) is 6. The summed E-state index contributed by atoms with van der Waals surface area (Å²) in [6.07, 6.45) is 8.33. The Hall–Kier alpha value is -3.87. The highest BCUT2D eigenvalue weighted by Crippen LogP contribution is 2.39. The molecular weight excluding hydrogens is 400 g/mol. The number of para-hydroxylation sites is 1. The zero-order valence-electron chi connectivity index (χ0n) is 17.9. The molecule has 1 aliphatic carbocycles. The largest absolute Gasteiger partial charge is 0.370 e. The normalized spacial score (nSPS) is 13.2. The van der Waals surface area contributed by atoms with Crippen molar-refractivity contribution in [3.63, 3.8) is 0 Å². The second kappa shape index (κ2) is 8.70. The number of hydrogen-bond donors (Lipinski definition) is 2. The molecule has 5 rings (SSSR count). The quantitative estimate of drug-likeness (QED) is 0.466. The number of aromatic nitrogens is 4. The molecule has 7 heteroatoms. The lowest BCUT2D eigenvalue weighted by molar-refractivity contribution is 0.0964. The second-order valence-electron chi connectivity index (χ2n) is 7.96. The molecule has 0 radical (unpaired) electrons. The lowest BCUT2D eigenvalue weighted by Crippen LogP contribution is -2.18. The van der Waals surface area contributed by atoms with Gasteiger partial charge >= 0.3 is 0 Å². The highest BCUT2D eigenvalue weighted by molar-refractivity contribution is 6.06. The van der Waals surface area contributed by atoms with E-state index in [0.717, 1.165) is 45.7 Å². The lowest BCUT2D eigenvalue weighted by Gasteiger charge is -2.10. The molecule has 1 saturated carbocycles. The average molecular weight is 425 g/mol. The van der Waals surface area contributed by atoms with Gasteiger partial charge in [0, 0.05) is 54.6 Å². The molecule has 0 saturated heterocycles. The highest BCUT2D eigenvalue weighted by atomic mass is 16.1. The van der Waals surface area contributed by atoms with E-state index in [4.69, 9.17) is 0 Å². The number of pyridine rings is 2. The van der Waals surface area contributed by atoms with Crippen molar-refractivity contribution in [1.82, 2.24) is 25.3 Å². The summed E-state index contributed by atoms with van der Waals surface area (Å²) in [4.78, 5) is 30.0. The molecule has 0 atom stereocenters. The minimum Gasteiger partial charge on any atom is -0.370 e. The van der Waals surface area contributed by atoms with E-state index in [1.165, 1.54) is 12.8 Å².